The van der Waals surface area contributed by atoms with Gasteiger partial charge in [-0.2, -0.15) is 5.10 Å². The minimum absolute atomic E-state index is 0.0419. The van der Waals surface area contributed by atoms with Crippen molar-refractivity contribution in [3.8, 4) is 5.75 Å². The van der Waals surface area contributed by atoms with E-state index in [1.54, 1.807) is 19.3 Å². The lowest BCUT2D eigenvalue weighted by molar-refractivity contribution is 0.0955. The Balaban J connectivity index is 2.04. The summed E-state index contributed by atoms with van der Waals surface area (Å²) in [7, 11) is 0.843. The molecule has 1 N–H and O–H groups in total. The molecule has 1 amide bonds. The highest BCUT2D eigenvalue weighted by atomic mass is 32.2. The summed E-state index contributed by atoms with van der Waals surface area (Å²) in [5, 5.41) is 3.83. The van der Waals surface area contributed by atoms with Crippen LogP contribution in [0.5, 0.6) is 5.75 Å². The summed E-state index contributed by atoms with van der Waals surface area (Å²) >= 11 is 0. The van der Waals surface area contributed by atoms with Gasteiger partial charge >= 0.3 is 0 Å². The van der Waals surface area contributed by atoms with E-state index < -0.39 is 15.9 Å². The van der Waals surface area contributed by atoms with Crippen LogP contribution in [0.4, 0.5) is 0 Å². The molecule has 0 aliphatic carbocycles. The number of ether oxygens (including phenoxy) is 1. The lowest BCUT2D eigenvalue weighted by Crippen LogP contribution is -2.23. The largest absolute Gasteiger partial charge is 0.496 e. The third-order valence-corrected chi connectivity index (χ3v) is 5.43. The zero-order valence-corrected chi connectivity index (χ0v) is 16.1. The van der Waals surface area contributed by atoms with Gasteiger partial charge in [-0.05, 0) is 36.4 Å². The molecule has 0 saturated carbocycles. The van der Waals surface area contributed by atoms with Gasteiger partial charge < -0.3 is 4.74 Å². The molecule has 0 aliphatic heterocycles. The number of carbonyl (C=O) groups is 1. The topological polar surface area (TPSA) is 88.1 Å². The molecule has 27 heavy (non-hydrogen) atoms. The number of methoxy groups -OCH3 is 1. The fraction of sp³-hybridized carbons (Fsp3) is 0.158. The van der Waals surface area contributed by atoms with Crippen molar-refractivity contribution in [2.45, 2.75) is 4.90 Å². The average molecular weight is 387 g/mol. The van der Waals surface area contributed by atoms with Gasteiger partial charge in [-0.15, -0.1) is 0 Å². The Labute approximate surface area is 159 Å². The summed E-state index contributed by atoms with van der Waals surface area (Å²) < 4.78 is 30.6. The maximum absolute atomic E-state index is 12.1. The first-order valence-electron chi connectivity index (χ1n) is 8.02. The molecule has 2 rings (SSSR count). The monoisotopic (exact) mass is 387 g/mol. The fourth-order valence-electron chi connectivity index (χ4n) is 2.16. The SMILES string of the molecule is COc1ccccc1/C=C/C=N\NC(=O)c1cccc(S(=O)(=O)N(C)C)c1. The Morgan fingerprint density at radius 2 is 1.89 bits per heavy atom. The van der Waals surface area contributed by atoms with Gasteiger partial charge in [-0.1, -0.05) is 24.3 Å². The van der Waals surface area contributed by atoms with Crippen molar-refractivity contribution in [3.63, 3.8) is 0 Å². The van der Waals surface area contributed by atoms with Crippen LogP contribution in [-0.4, -0.2) is 46.0 Å². The molecular formula is C19H21N3O4S. The highest BCUT2D eigenvalue weighted by Crippen LogP contribution is 2.18. The maximum atomic E-state index is 12.1. The molecule has 0 saturated heterocycles. The summed E-state index contributed by atoms with van der Waals surface area (Å²) in [6.07, 6.45) is 4.87. The first-order valence-corrected chi connectivity index (χ1v) is 9.46. The number of carbonyl (C=O) groups excluding carboxylic acids is 1. The number of benzene rings is 2. The van der Waals surface area contributed by atoms with Gasteiger partial charge in [-0.3, -0.25) is 4.79 Å². The lowest BCUT2D eigenvalue weighted by Gasteiger charge is -2.11. The van der Waals surface area contributed by atoms with Gasteiger partial charge in [0.2, 0.25) is 10.0 Å². The van der Waals surface area contributed by atoms with Crippen molar-refractivity contribution in [1.29, 1.82) is 0 Å². The van der Waals surface area contributed by atoms with Crippen LogP contribution < -0.4 is 10.2 Å². The standard InChI is InChI=1S/C19H21N3O4S/c1-22(2)27(24,25)17-11-6-9-16(14-17)19(23)21-20-13-7-10-15-8-4-5-12-18(15)26-3/h4-14H,1-3H3,(H,21,23)/b10-7+,20-13-. The van der Waals surface area contributed by atoms with Crippen LogP contribution >= 0.6 is 0 Å². The Hall–Kier alpha value is -2.97. The number of nitrogens with one attached hydrogen (secondary N) is 1. The molecule has 0 bridgehead atoms. The summed E-state index contributed by atoms with van der Waals surface area (Å²) in [6, 6.07) is 13.3. The molecule has 0 unspecified atom stereocenters. The third-order valence-electron chi connectivity index (χ3n) is 3.62. The van der Waals surface area contributed by atoms with Crippen molar-refractivity contribution in [2.75, 3.05) is 21.2 Å². The van der Waals surface area contributed by atoms with E-state index >= 15 is 0 Å². The molecule has 2 aromatic rings. The number of para-hydroxylation sites is 1. The van der Waals surface area contributed by atoms with E-state index in [9.17, 15) is 13.2 Å². The average Bonchev–Trinajstić information content (AvgIpc) is 2.67. The van der Waals surface area contributed by atoms with Crippen molar-refractivity contribution in [1.82, 2.24) is 9.73 Å². The minimum Gasteiger partial charge on any atom is -0.496 e. The zero-order chi connectivity index (χ0) is 19.9. The molecule has 8 heteroatoms. The zero-order valence-electron chi connectivity index (χ0n) is 15.3. The maximum Gasteiger partial charge on any atom is 0.271 e. The molecule has 0 spiro atoms. The minimum atomic E-state index is -3.61. The van der Waals surface area contributed by atoms with Crippen LogP contribution in [0.15, 0.2) is 64.6 Å². The van der Waals surface area contributed by atoms with Crippen LogP contribution in [0, 0.1) is 0 Å². The molecule has 0 heterocycles. The van der Waals surface area contributed by atoms with E-state index in [0.29, 0.717) is 0 Å². The Kier molecular flexibility index (Phi) is 6.86. The number of rotatable bonds is 7. The molecule has 0 aliphatic rings. The number of allylic oxidation sites excluding steroid dienone is 1. The van der Waals surface area contributed by atoms with E-state index in [4.69, 9.17) is 4.74 Å². The Bertz CT molecular complexity index is 966. The summed E-state index contributed by atoms with van der Waals surface area (Å²) in [6.45, 7) is 0. The number of sulfonamides is 1. The van der Waals surface area contributed by atoms with Crippen LogP contribution in [0.25, 0.3) is 6.08 Å². The highest BCUT2D eigenvalue weighted by Gasteiger charge is 2.18. The van der Waals surface area contributed by atoms with Crippen LogP contribution in [0.2, 0.25) is 0 Å². The number of hydrogen-bond acceptors (Lipinski definition) is 5. The van der Waals surface area contributed by atoms with Gasteiger partial charge in [0.05, 0.1) is 12.0 Å². The number of amides is 1. The molecular weight excluding hydrogens is 366 g/mol. The summed E-state index contributed by atoms with van der Waals surface area (Å²) in [5.41, 5.74) is 3.43. The van der Waals surface area contributed by atoms with Gasteiger partial charge in [0.25, 0.3) is 5.91 Å². The van der Waals surface area contributed by atoms with Crippen LogP contribution in [0.3, 0.4) is 0 Å². The number of hydrogen-bond donors (Lipinski definition) is 1. The fourth-order valence-corrected chi connectivity index (χ4v) is 3.11. The third kappa shape index (κ3) is 5.25. The lowest BCUT2D eigenvalue weighted by atomic mass is 10.2. The van der Waals surface area contributed by atoms with Crippen molar-refractivity contribution < 1.29 is 17.9 Å². The molecule has 0 aromatic heterocycles. The normalized spacial score (nSPS) is 12.0. The second-order valence-corrected chi connectivity index (χ2v) is 7.79. The Morgan fingerprint density at radius 3 is 2.59 bits per heavy atom. The second-order valence-electron chi connectivity index (χ2n) is 5.64. The number of nitrogens with zero attached hydrogens (tertiary/aromatic N) is 2. The highest BCUT2D eigenvalue weighted by molar-refractivity contribution is 7.89. The molecule has 0 radical (unpaired) electrons. The van der Waals surface area contributed by atoms with Crippen LogP contribution in [0.1, 0.15) is 15.9 Å². The van der Waals surface area contributed by atoms with Gasteiger partial charge in [0, 0.05) is 31.4 Å². The molecule has 142 valence electrons. The van der Waals surface area contributed by atoms with E-state index in [2.05, 4.69) is 10.5 Å². The van der Waals surface area contributed by atoms with E-state index in [1.807, 2.05) is 24.3 Å². The van der Waals surface area contributed by atoms with Crippen molar-refractivity contribution in [3.05, 3.63) is 65.7 Å². The Morgan fingerprint density at radius 1 is 1.15 bits per heavy atom. The van der Waals surface area contributed by atoms with Crippen LogP contribution in [-0.2, 0) is 10.0 Å². The predicted octanol–water partition coefficient (Wildman–Crippen LogP) is 2.37. The molecule has 7 nitrogen and oxygen atoms in total. The van der Waals surface area contributed by atoms with Gasteiger partial charge in [0.15, 0.2) is 0 Å². The quantitative estimate of drug-likeness (QED) is 0.584. The van der Waals surface area contributed by atoms with Crippen molar-refractivity contribution in [2.24, 2.45) is 5.10 Å². The van der Waals surface area contributed by atoms with Gasteiger partial charge in [0.1, 0.15) is 5.75 Å². The number of hydrazone groups is 1. The van der Waals surface area contributed by atoms with Crippen molar-refractivity contribution >= 4 is 28.2 Å². The predicted molar refractivity (Wildman–Crippen MR) is 105 cm³/mol. The van der Waals surface area contributed by atoms with Gasteiger partial charge in [-0.25, -0.2) is 18.1 Å². The van der Waals surface area contributed by atoms with E-state index in [1.165, 1.54) is 44.6 Å². The summed E-state index contributed by atoms with van der Waals surface area (Å²) in [5.74, 6) is 0.220. The second kappa shape index (κ2) is 9.11. The molecule has 0 fully saturated rings. The molecule has 2 aromatic carbocycles. The molecule has 0 atom stereocenters. The first-order chi connectivity index (χ1) is 12.9. The van der Waals surface area contributed by atoms with E-state index in [-0.39, 0.29) is 10.5 Å². The van der Waals surface area contributed by atoms with E-state index in [0.717, 1.165) is 15.6 Å². The first kappa shape index (κ1) is 20.3. The smallest absolute Gasteiger partial charge is 0.271 e. The summed E-state index contributed by atoms with van der Waals surface area (Å²) in [4.78, 5) is 12.2.